The van der Waals surface area contributed by atoms with Gasteiger partial charge in [0.15, 0.2) is 0 Å². The highest BCUT2D eigenvalue weighted by molar-refractivity contribution is 9.10. The average Bonchev–Trinajstić information content (AvgIpc) is 3.19. The van der Waals surface area contributed by atoms with Gasteiger partial charge in [0.25, 0.3) is 5.56 Å². The fourth-order valence-corrected chi connectivity index (χ4v) is 3.45. The Hall–Kier alpha value is -1.33. The van der Waals surface area contributed by atoms with Crippen LogP contribution in [-0.2, 0) is 0 Å². The van der Waals surface area contributed by atoms with Gasteiger partial charge >= 0.3 is 5.69 Å². The number of aromatic nitrogens is 2. The van der Waals surface area contributed by atoms with E-state index in [9.17, 15) is 9.59 Å². The third-order valence-corrected chi connectivity index (χ3v) is 4.95. The second kappa shape index (κ2) is 5.46. The fraction of sp³-hybridized carbons (Fsp3) is 0.333. The third kappa shape index (κ3) is 2.49. The van der Waals surface area contributed by atoms with E-state index in [1.54, 1.807) is 6.07 Å². The Morgan fingerprint density at radius 3 is 2.71 bits per heavy atom. The highest BCUT2D eigenvalue weighted by Gasteiger charge is 2.39. The zero-order valence-electron chi connectivity index (χ0n) is 11.4. The molecular weight excluding hydrogens is 356 g/mol. The zero-order chi connectivity index (χ0) is 15.1. The first kappa shape index (κ1) is 14.6. The zero-order valence-corrected chi connectivity index (χ0v) is 13.7. The van der Waals surface area contributed by atoms with Crippen LogP contribution in [0.15, 0.2) is 38.3 Å². The van der Waals surface area contributed by atoms with Crippen LogP contribution >= 0.6 is 27.5 Å². The van der Waals surface area contributed by atoms with Crippen LogP contribution in [0.5, 0.6) is 0 Å². The summed E-state index contributed by atoms with van der Waals surface area (Å²) in [5.74, 6) is 0.400. The fourth-order valence-electron chi connectivity index (χ4n) is 2.71. The molecule has 1 aromatic heterocycles. The largest absolute Gasteiger partial charge is 0.329 e. The van der Waals surface area contributed by atoms with Crippen molar-refractivity contribution in [1.29, 1.82) is 0 Å². The first-order chi connectivity index (χ1) is 10.0. The van der Waals surface area contributed by atoms with Crippen molar-refractivity contribution < 1.29 is 0 Å². The predicted octanol–water partition coefficient (Wildman–Crippen LogP) is 3.59. The minimum absolute atomic E-state index is 0.00949. The topological polar surface area (TPSA) is 54.9 Å². The molecular formula is C15H14BrClN2O2. The van der Waals surface area contributed by atoms with E-state index < -0.39 is 5.69 Å². The minimum Gasteiger partial charge on any atom is -0.297 e. The predicted molar refractivity (Wildman–Crippen MR) is 86.9 cm³/mol. The molecule has 1 N–H and O–H groups in total. The summed E-state index contributed by atoms with van der Waals surface area (Å²) >= 11 is 9.54. The minimum atomic E-state index is -0.429. The number of halogens is 2. The van der Waals surface area contributed by atoms with Crippen LogP contribution in [0.4, 0.5) is 0 Å². The second-order valence-electron chi connectivity index (χ2n) is 5.25. The summed E-state index contributed by atoms with van der Waals surface area (Å²) in [6, 6.07) is 7.33. The molecule has 1 aliphatic carbocycles. The van der Waals surface area contributed by atoms with Gasteiger partial charge in [-0.3, -0.25) is 14.3 Å². The number of benzene rings is 1. The van der Waals surface area contributed by atoms with Gasteiger partial charge in [-0.15, -0.1) is 0 Å². The monoisotopic (exact) mass is 368 g/mol. The quantitative estimate of drug-likeness (QED) is 0.841. The van der Waals surface area contributed by atoms with E-state index in [1.165, 1.54) is 4.57 Å². The van der Waals surface area contributed by atoms with E-state index >= 15 is 0 Å². The normalized spacial score (nSPS) is 20.5. The van der Waals surface area contributed by atoms with E-state index in [2.05, 4.69) is 27.8 Å². The van der Waals surface area contributed by atoms with Crippen molar-refractivity contribution in [3.63, 3.8) is 0 Å². The Kier molecular flexibility index (Phi) is 3.80. The van der Waals surface area contributed by atoms with Crippen LogP contribution in [0.25, 0.3) is 11.1 Å². The third-order valence-electron chi connectivity index (χ3n) is 3.97. The molecule has 0 spiro atoms. The molecule has 6 heteroatoms. The molecule has 1 aliphatic rings. The van der Waals surface area contributed by atoms with E-state index in [4.69, 9.17) is 11.6 Å². The number of hydrogen-bond acceptors (Lipinski definition) is 2. The lowest BCUT2D eigenvalue weighted by Gasteiger charge is -2.10. The molecule has 21 heavy (non-hydrogen) atoms. The Morgan fingerprint density at radius 1 is 1.38 bits per heavy atom. The number of hydrogen-bond donors (Lipinski definition) is 1. The summed E-state index contributed by atoms with van der Waals surface area (Å²) < 4.78 is 2.08. The molecule has 2 atom stereocenters. The van der Waals surface area contributed by atoms with E-state index in [0.717, 1.165) is 17.3 Å². The van der Waals surface area contributed by atoms with Crippen molar-refractivity contribution in [3.05, 3.63) is 54.7 Å². The Labute approximate surface area is 134 Å². The van der Waals surface area contributed by atoms with Crippen LogP contribution in [0.3, 0.4) is 0 Å². The Balaban J connectivity index is 2.23. The molecule has 0 saturated heterocycles. The maximum atomic E-state index is 12.7. The molecule has 2 unspecified atom stereocenters. The Morgan fingerprint density at radius 2 is 2.10 bits per heavy atom. The van der Waals surface area contributed by atoms with Gasteiger partial charge in [-0.05, 0) is 18.4 Å². The van der Waals surface area contributed by atoms with Crippen molar-refractivity contribution >= 4 is 27.5 Å². The van der Waals surface area contributed by atoms with Crippen molar-refractivity contribution in [1.82, 2.24) is 9.55 Å². The molecule has 0 aliphatic heterocycles. The summed E-state index contributed by atoms with van der Waals surface area (Å²) in [4.78, 5) is 27.4. The van der Waals surface area contributed by atoms with Crippen LogP contribution in [0.2, 0.25) is 5.15 Å². The highest BCUT2D eigenvalue weighted by atomic mass is 79.9. The van der Waals surface area contributed by atoms with Crippen LogP contribution in [-0.4, -0.2) is 9.55 Å². The van der Waals surface area contributed by atoms with E-state index in [-0.39, 0.29) is 16.8 Å². The van der Waals surface area contributed by atoms with Gasteiger partial charge in [0, 0.05) is 16.1 Å². The van der Waals surface area contributed by atoms with Crippen LogP contribution in [0, 0.1) is 5.92 Å². The van der Waals surface area contributed by atoms with Crippen molar-refractivity contribution in [3.8, 4) is 11.1 Å². The number of aromatic amines is 1. The van der Waals surface area contributed by atoms with Crippen molar-refractivity contribution in [2.75, 3.05) is 0 Å². The number of nitrogens with zero attached hydrogens (tertiary/aromatic N) is 1. The van der Waals surface area contributed by atoms with Crippen molar-refractivity contribution in [2.45, 2.75) is 25.8 Å². The molecule has 1 aromatic carbocycles. The second-order valence-corrected chi connectivity index (χ2v) is 6.48. The molecule has 3 rings (SSSR count). The average molecular weight is 370 g/mol. The van der Waals surface area contributed by atoms with E-state index in [1.807, 2.05) is 18.2 Å². The van der Waals surface area contributed by atoms with Gasteiger partial charge < -0.3 is 0 Å². The molecule has 0 radical (unpaired) electrons. The van der Waals surface area contributed by atoms with Gasteiger partial charge in [0.05, 0.1) is 5.56 Å². The lowest BCUT2D eigenvalue weighted by Crippen LogP contribution is -2.36. The first-order valence-corrected chi connectivity index (χ1v) is 8.01. The summed E-state index contributed by atoms with van der Waals surface area (Å²) in [7, 11) is 0. The lowest BCUT2D eigenvalue weighted by atomic mass is 10.1. The molecule has 110 valence electrons. The molecule has 0 amide bonds. The maximum absolute atomic E-state index is 12.7. The standard InChI is InChI=1S/C15H14BrClN2O2/c1-2-8-7-11(8)19-14(20)12(13(17)18-15(19)21)9-5-3-4-6-10(9)16/h3-6,8,11H,2,7H2,1H3,(H,18,21). The molecule has 1 fully saturated rings. The SMILES string of the molecule is CCC1CC1n1c(=O)[nH]c(Cl)c(-c2ccccc2Br)c1=O. The highest BCUT2D eigenvalue weighted by Crippen LogP contribution is 2.44. The summed E-state index contributed by atoms with van der Waals surface area (Å²) in [5.41, 5.74) is 0.273. The Bertz CT molecular complexity index is 812. The van der Waals surface area contributed by atoms with Gasteiger partial charge in [0.2, 0.25) is 0 Å². The lowest BCUT2D eigenvalue weighted by molar-refractivity contribution is 0.592. The number of nitrogens with one attached hydrogen (secondary N) is 1. The molecule has 4 nitrogen and oxygen atoms in total. The molecule has 1 heterocycles. The molecule has 1 saturated carbocycles. The van der Waals surface area contributed by atoms with Gasteiger partial charge in [-0.2, -0.15) is 0 Å². The van der Waals surface area contributed by atoms with Crippen molar-refractivity contribution in [2.24, 2.45) is 5.92 Å². The first-order valence-electron chi connectivity index (χ1n) is 6.83. The van der Waals surface area contributed by atoms with Gasteiger partial charge in [-0.25, -0.2) is 4.79 Å². The summed E-state index contributed by atoms with van der Waals surface area (Å²) in [6.45, 7) is 2.06. The molecule has 2 aromatic rings. The smallest absolute Gasteiger partial charge is 0.297 e. The van der Waals surface area contributed by atoms with Crippen LogP contribution in [0.1, 0.15) is 25.8 Å². The van der Waals surface area contributed by atoms with Gasteiger partial charge in [0.1, 0.15) is 5.15 Å². The molecule has 0 bridgehead atoms. The number of rotatable bonds is 3. The summed E-state index contributed by atoms with van der Waals surface area (Å²) in [6.07, 6.45) is 1.83. The van der Waals surface area contributed by atoms with E-state index in [0.29, 0.717) is 17.0 Å². The summed E-state index contributed by atoms with van der Waals surface area (Å²) in [5, 5.41) is 0.0850. The van der Waals surface area contributed by atoms with Crippen LogP contribution < -0.4 is 11.2 Å². The maximum Gasteiger partial charge on any atom is 0.329 e. The number of H-pyrrole nitrogens is 1. The van der Waals surface area contributed by atoms with Gasteiger partial charge in [-0.1, -0.05) is 59.1 Å².